The van der Waals surface area contributed by atoms with E-state index in [9.17, 15) is 14.0 Å². The summed E-state index contributed by atoms with van der Waals surface area (Å²) in [6, 6.07) is 9.85. The van der Waals surface area contributed by atoms with Crippen molar-refractivity contribution in [1.82, 2.24) is 14.8 Å². The average Bonchev–Trinajstić information content (AvgIpc) is 3.32. The van der Waals surface area contributed by atoms with Gasteiger partial charge in [0.25, 0.3) is 11.8 Å². The van der Waals surface area contributed by atoms with E-state index in [1.165, 1.54) is 12.1 Å². The number of rotatable bonds is 4. The van der Waals surface area contributed by atoms with E-state index in [0.717, 1.165) is 30.4 Å². The number of piperazine rings is 1. The Morgan fingerprint density at radius 2 is 1.86 bits per heavy atom. The summed E-state index contributed by atoms with van der Waals surface area (Å²) in [7, 11) is 0. The summed E-state index contributed by atoms with van der Waals surface area (Å²) in [5.74, 6) is -0.151. The summed E-state index contributed by atoms with van der Waals surface area (Å²) in [6.07, 6.45) is 2.37. The lowest BCUT2D eigenvalue weighted by Gasteiger charge is -2.47. The monoisotopic (exact) mass is 507 g/mol. The predicted octanol–water partition coefficient (Wildman–Crippen LogP) is 5.39. The van der Waals surface area contributed by atoms with Crippen LogP contribution in [0.15, 0.2) is 40.8 Å². The number of carbonyl (C=O) groups is 2. The summed E-state index contributed by atoms with van der Waals surface area (Å²) in [5, 5.41) is 0. The fraction of sp³-hybridized carbons (Fsp3) is 0.483. The van der Waals surface area contributed by atoms with Crippen molar-refractivity contribution < 1.29 is 23.1 Å². The number of halogens is 1. The summed E-state index contributed by atoms with van der Waals surface area (Å²) in [5.41, 5.74) is 3.04. The molecule has 2 aromatic heterocycles. The molecule has 2 amide bonds. The molecular weight excluding hydrogens is 473 g/mol. The highest BCUT2D eigenvalue weighted by molar-refractivity contribution is 5.97. The van der Waals surface area contributed by atoms with Crippen molar-refractivity contribution in [3.63, 3.8) is 0 Å². The Kier molecular flexibility index (Phi) is 6.79. The number of aromatic nitrogens is 1. The Bertz CT molecular complexity index is 1310. The average molecular weight is 508 g/mol. The third kappa shape index (κ3) is 4.99. The van der Waals surface area contributed by atoms with E-state index in [4.69, 9.17) is 14.1 Å². The molecule has 1 unspecified atom stereocenters. The van der Waals surface area contributed by atoms with E-state index in [-0.39, 0.29) is 35.4 Å². The second-order valence-electron chi connectivity index (χ2n) is 11.0. The molecule has 0 spiro atoms. The van der Waals surface area contributed by atoms with E-state index in [1.54, 1.807) is 23.1 Å². The van der Waals surface area contributed by atoms with Crippen molar-refractivity contribution in [3.05, 3.63) is 53.5 Å². The molecule has 37 heavy (non-hydrogen) atoms. The highest BCUT2D eigenvalue weighted by atomic mass is 19.1. The van der Waals surface area contributed by atoms with E-state index >= 15 is 0 Å². The lowest BCUT2D eigenvalue weighted by Crippen LogP contribution is -2.63. The first-order valence-corrected chi connectivity index (χ1v) is 13.1. The van der Waals surface area contributed by atoms with Gasteiger partial charge in [0.1, 0.15) is 17.4 Å². The quantitative estimate of drug-likeness (QED) is 0.473. The third-order valence-corrected chi connectivity index (χ3v) is 7.39. The summed E-state index contributed by atoms with van der Waals surface area (Å²) in [6.45, 7) is 9.98. The van der Waals surface area contributed by atoms with Gasteiger partial charge in [0.05, 0.1) is 11.2 Å². The van der Waals surface area contributed by atoms with Gasteiger partial charge < -0.3 is 19.0 Å². The van der Waals surface area contributed by atoms with Crippen LogP contribution >= 0.6 is 0 Å². The number of nitrogens with zero attached hydrogens (tertiary/aromatic N) is 3. The Morgan fingerprint density at radius 3 is 2.51 bits per heavy atom. The lowest BCUT2D eigenvalue weighted by atomic mass is 9.97. The minimum Gasteiger partial charge on any atom is -0.449 e. The number of furan rings is 1. The number of fused-ring (bicyclic) bond motifs is 1. The van der Waals surface area contributed by atoms with Crippen molar-refractivity contribution in [1.29, 1.82) is 0 Å². The van der Waals surface area contributed by atoms with E-state index < -0.39 is 5.54 Å². The smallest absolute Gasteiger partial charge is 0.290 e. The first kappa shape index (κ1) is 25.4. The molecular formula is C29H34FN3O4. The zero-order valence-electron chi connectivity index (χ0n) is 21.9. The van der Waals surface area contributed by atoms with Gasteiger partial charge in [-0.15, -0.1) is 0 Å². The van der Waals surface area contributed by atoms with Gasteiger partial charge in [-0.25, -0.2) is 9.37 Å². The first-order valence-electron chi connectivity index (χ1n) is 13.1. The Balaban J connectivity index is 1.41. The van der Waals surface area contributed by atoms with E-state index in [2.05, 4.69) is 13.8 Å². The Morgan fingerprint density at radius 1 is 1.11 bits per heavy atom. The van der Waals surface area contributed by atoms with Crippen LogP contribution in [0.4, 0.5) is 4.39 Å². The van der Waals surface area contributed by atoms with Crippen molar-refractivity contribution in [2.75, 3.05) is 26.2 Å². The highest BCUT2D eigenvalue weighted by Gasteiger charge is 2.41. The van der Waals surface area contributed by atoms with E-state index in [0.29, 0.717) is 43.0 Å². The van der Waals surface area contributed by atoms with Crippen LogP contribution in [0.3, 0.4) is 0 Å². The van der Waals surface area contributed by atoms with Gasteiger partial charge in [-0.3, -0.25) is 9.59 Å². The van der Waals surface area contributed by atoms with Crippen LogP contribution in [0.2, 0.25) is 0 Å². The number of pyridine rings is 1. The van der Waals surface area contributed by atoms with Crippen LogP contribution in [0.25, 0.3) is 22.4 Å². The third-order valence-electron chi connectivity index (χ3n) is 7.39. The molecule has 0 radical (unpaired) electrons. The molecule has 3 aromatic rings. The fourth-order valence-corrected chi connectivity index (χ4v) is 5.34. The molecule has 0 saturated carbocycles. The predicted molar refractivity (Wildman–Crippen MR) is 139 cm³/mol. The summed E-state index contributed by atoms with van der Waals surface area (Å²) >= 11 is 0. The van der Waals surface area contributed by atoms with Gasteiger partial charge >= 0.3 is 0 Å². The first-order chi connectivity index (χ1) is 17.6. The number of benzene rings is 1. The van der Waals surface area contributed by atoms with Crippen LogP contribution in [0.1, 0.15) is 69.0 Å². The SMILES string of the molecule is CC(C)c1cc(-c2ccc(F)cc2)nc2cc(C(=O)N3CCN(C(=O)C4CCCCO4)CC3(C)C)oc12. The van der Waals surface area contributed by atoms with Gasteiger partial charge in [-0.2, -0.15) is 0 Å². The molecule has 2 aliphatic rings. The zero-order chi connectivity index (χ0) is 26.3. The molecule has 7 nitrogen and oxygen atoms in total. The summed E-state index contributed by atoms with van der Waals surface area (Å²) in [4.78, 5) is 35.0. The number of hydrogen-bond donors (Lipinski definition) is 0. The summed E-state index contributed by atoms with van der Waals surface area (Å²) < 4.78 is 25.3. The molecule has 1 atom stereocenters. The van der Waals surface area contributed by atoms with Crippen LogP contribution in [-0.2, 0) is 9.53 Å². The Labute approximate surface area is 216 Å². The lowest BCUT2D eigenvalue weighted by molar-refractivity contribution is -0.150. The maximum atomic E-state index is 13.7. The minimum absolute atomic E-state index is 0.0164. The standard InChI is InChI=1S/C29H34FN3O4/c1-18(2)21-15-22(19-8-10-20(30)11-9-19)31-23-16-25(37-26(21)23)28(35)33-13-12-32(17-29(33,3)4)27(34)24-7-5-6-14-36-24/h8-11,15-16,18,24H,5-7,12-14,17H2,1-4H3. The molecule has 5 rings (SSSR count). The van der Waals surface area contributed by atoms with Gasteiger partial charge in [0.2, 0.25) is 0 Å². The fourth-order valence-electron chi connectivity index (χ4n) is 5.34. The topological polar surface area (TPSA) is 75.9 Å². The molecule has 0 aliphatic carbocycles. The van der Waals surface area contributed by atoms with Crippen LogP contribution in [-0.4, -0.2) is 64.5 Å². The van der Waals surface area contributed by atoms with Gasteiger partial charge in [-0.1, -0.05) is 13.8 Å². The minimum atomic E-state index is -0.577. The molecule has 2 aliphatic heterocycles. The number of carbonyl (C=O) groups excluding carboxylic acids is 2. The van der Waals surface area contributed by atoms with E-state index in [1.807, 2.05) is 24.8 Å². The number of ether oxygens (including phenoxy) is 1. The molecule has 1 aromatic carbocycles. The molecule has 8 heteroatoms. The highest BCUT2D eigenvalue weighted by Crippen LogP contribution is 2.33. The van der Waals surface area contributed by atoms with Crippen LogP contribution in [0, 0.1) is 5.82 Å². The molecule has 2 fully saturated rings. The Hall–Kier alpha value is -3.26. The molecule has 0 N–H and O–H groups in total. The largest absolute Gasteiger partial charge is 0.449 e. The van der Waals surface area contributed by atoms with Crippen molar-refractivity contribution >= 4 is 22.9 Å². The second kappa shape index (κ2) is 9.89. The maximum absolute atomic E-state index is 13.7. The molecule has 2 saturated heterocycles. The molecule has 4 heterocycles. The van der Waals surface area contributed by atoms with Gasteiger partial charge in [0, 0.05) is 43.4 Å². The van der Waals surface area contributed by atoms with Gasteiger partial charge in [0.15, 0.2) is 11.3 Å². The van der Waals surface area contributed by atoms with Gasteiger partial charge in [-0.05, 0) is 69.4 Å². The number of hydrogen-bond acceptors (Lipinski definition) is 5. The maximum Gasteiger partial charge on any atom is 0.290 e. The number of amides is 2. The molecule has 0 bridgehead atoms. The second-order valence-corrected chi connectivity index (χ2v) is 11.0. The van der Waals surface area contributed by atoms with Crippen LogP contribution in [0.5, 0.6) is 0 Å². The van der Waals surface area contributed by atoms with Crippen molar-refractivity contribution in [3.8, 4) is 11.3 Å². The van der Waals surface area contributed by atoms with Crippen molar-refractivity contribution in [2.45, 2.75) is 64.5 Å². The molecule has 196 valence electrons. The van der Waals surface area contributed by atoms with Crippen molar-refractivity contribution in [2.24, 2.45) is 0 Å². The normalized spacial score (nSPS) is 20.0. The zero-order valence-corrected chi connectivity index (χ0v) is 21.9. The van der Waals surface area contributed by atoms with Crippen LogP contribution < -0.4 is 0 Å².